The summed E-state index contributed by atoms with van der Waals surface area (Å²) in [7, 11) is 0. The van der Waals surface area contributed by atoms with E-state index < -0.39 is 0 Å². The van der Waals surface area contributed by atoms with Gasteiger partial charge >= 0.3 is 0 Å². The molecule has 3 heteroatoms. The molecule has 3 aromatic rings. The second-order valence-electron chi connectivity index (χ2n) is 3.70. The molecule has 1 heterocycles. The fourth-order valence-corrected chi connectivity index (χ4v) is 2.21. The van der Waals surface area contributed by atoms with E-state index in [0.717, 1.165) is 16.2 Å². The molecule has 0 saturated carbocycles. The van der Waals surface area contributed by atoms with Crippen molar-refractivity contribution in [3.05, 3.63) is 58.0 Å². The molecule has 0 spiro atoms. The fourth-order valence-electron chi connectivity index (χ4n) is 2.01. The molecule has 0 saturated heterocycles. The van der Waals surface area contributed by atoms with Gasteiger partial charge in [0.1, 0.15) is 5.15 Å². The zero-order chi connectivity index (χ0) is 11.1. The fraction of sp³-hybridized carbons (Fsp3) is 0. The molecule has 0 aliphatic carbocycles. The highest BCUT2D eigenvalue weighted by molar-refractivity contribution is 6.30. The standard InChI is InChI=1S/C13H8ClNO/c14-11-7-9-6-5-8-3-1-2-4-10(8)12(9)13(16)15-11/h1-7H,(H,15,16). The SMILES string of the molecule is O=c1[nH]c(Cl)cc2ccc3ccccc3c12. The first-order valence-electron chi connectivity index (χ1n) is 4.96. The van der Waals surface area contributed by atoms with Crippen LogP contribution < -0.4 is 5.56 Å². The molecule has 0 fully saturated rings. The maximum atomic E-state index is 11.9. The van der Waals surface area contributed by atoms with Crippen molar-refractivity contribution in [1.82, 2.24) is 4.98 Å². The third-order valence-corrected chi connectivity index (χ3v) is 2.91. The minimum absolute atomic E-state index is 0.140. The smallest absolute Gasteiger partial charge is 0.257 e. The summed E-state index contributed by atoms with van der Waals surface area (Å²) < 4.78 is 0. The summed E-state index contributed by atoms with van der Waals surface area (Å²) in [6.45, 7) is 0. The van der Waals surface area contributed by atoms with Gasteiger partial charge in [0.15, 0.2) is 0 Å². The normalized spacial score (nSPS) is 11.1. The van der Waals surface area contributed by atoms with Gasteiger partial charge in [0.05, 0.1) is 5.39 Å². The van der Waals surface area contributed by atoms with Crippen molar-refractivity contribution >= 4 is 33.1 Å². The van der Waals surface area contributed by atoms with Crippen LogP contribution in [0.25, 0.3) is 21.5 Å². The van der Waals surface area contributed by atoms with E-state index in [0.29, 0.717) is 10.5 Å². The van der Waals surface area contributed by atoms with Gasteiger partial charge in [-0.25, -0.2) is 0 Å². The van der Waals surface area contributed by atoms with E-state index in [-0.39, 0.29) is 5.56 Å². The lowest BCUT2D eigenvalue weighted by molar-refractivity contribution is 1.28. The second kappa shape index (κ2) is 3.35. The van der Waals surface area contributed by atoms with Crippen LogP contribution in [0.2, 0.25) is 5.15 Å². The molecule has 1 aromatic heterocycles. The maximum Gasteiger partial charge on any atom is 0.257 e. The molecular formula is C13H8ClNO. The summed E-state index contributed by atoms with van der Waals surface area (Å²) in [6, 6.07) is 13.5. The first kappa shape index (κ1) is 9.43. The van der Waals surface area contributed by atoms with Crippen LogP contribution in [0.15, 0.2) is 47.3 Å². The summed E-state index contributed by atoms with van der Waals surface area (Å²) >= 11 is 5.82. The number of rotatable bonds is 0. The van der Waals surface area contributed by atoms with Crippen LogP contribution in [0.3, 0.4) is 0 Å². The Labute approximate surface area is 96.5 Å². The summed E-state index contributed by atoms with van der Waals surface area (Å²) in [5, 5.41) is 3.95. The number of aromatic nitrogens is 1. The third kappa shape index (κ3) is 1.31. The first-order chi connectivity index (χ1) is 7.75. The molecule has 1 N–H and O–H groups in total. The molecule has 0 aliphatic rings. The predicted octanol–water partition coefficient (Wildman–Crippen LogP) is 3.33. The van der Waals surface area contributed by atoms with Crippen molar-refractivity contribution in [2.75, 3.05) is 0 Å². The molecule has 2 nitrogen and oxygen atoms in total. The number of benzene rings is 2. The lowest BCUT2D eigenvalue weighted by Gasteiger charge is -2.02. The Kier molecular flexibility index (Phi) is 1.98. The third-order valence-electron chi connectivity index (χ3n) is 2.70. The van der Waals surface area contributed by atoms with E-state index in [9.17, 15) is 4.79 Å². The van der Waals surface area contributed by atoms with Gasteiger partial charge in [-0.15, -0.1) is 0 Å². The van der Waals surface area contributed by atoms with Crippen molar-refractivity contribution in [3.8, 4) is 0 Å². The van der Waals surface area contributed by atoms with E-state index >= 15 is 0 Å². The van der Waals surface area contributed by atoms with Crippen LogP contribution in [-0.4, -0.2) is 4.98 Å². The lowest BCUT2D eigenvalue weighted by atomic mass is 10.0. The zero-order valence-electron chi connectivity index (χ0n) is 8.33. The highest BCUT2D eigenvalue weighted by atomic mass is 35.5. The van der Waals surface area contributed by atoms with Crippen LogP contribution in [0.1, 0.15) is 0 Å². The Bertz CT molecular complexity index is 746. The van der Waals surface area contributed by atoms with Crippen molar-refractivity contribution in [3.63, 3.8) is 0 Å². The van der Waals surface area contributed by atoms with Gasteiger partial charge in [0.25, 0.3) is 5.56 Å². The summed E-state index contributed by atoms with van der Waals surface area (Å²) in [5.41, 5.74) is -0.140. The van der Waals surface area contributed by atoms with Gasteiger partial charge in [0, 0.05) is 0 Å². The molecule has 2 aromatic carbocycles. The Morgan fingerprint density at radius 1 is 1.00 bits per heavy atom. The van der Waals surface area contributed by atoms with Crippen LogP contribution in [0.5, 0.6) is 0 Å². The number of H-pyrrole nitrogens is 1. The van der Waals surface area contributed by atoms with Gasteiger partial charge in [-0.2, -0.15) is 0 Å². The molecule has 0 amide bonds. The van der Waals surface area contributed by atoms with Gasteiger partial charge in [0.2, 0.25) is 0 Å². The van der Waals surface area contributed by atoms with E-state index in [4.69, 9.17) is 11.6 Å². The van der Waals surface area contributed by atoms with E-state index in [1.165, 1.54) is 0 Å². The molecule has 3 rings (SSSR count). The topological polar surface area (TPSA) is 32.9 Å². The van der Waals surface area contributed by atoms with Gasteiger partial charge in [-0.05, 0) is 22.2 Å². The minimum atomic E-state index is -0.140. The van der Waals surface area contributed by atoms with Crippen molar-refractivity contribution in [1.29, 1.82) is 0 Å². The predicted molar refractivity (Wildman–Crippen MR) is 67.1 cm³/mol. The zero-order valence-corrected chi connectivity index (χ0v) is 9.08. The van der Waals surface area contributed by atoms with Gasteiger partial charge in [-0.1, -0.05) is 48.0 Å². The second-order valence-corrected chi connectivity index (χ2v) is 4.10. The van der Waals surface area contributed by atoms with Crippen LogP contribution >= 0.6 is 11.6 Å². The molecule has 0 atom stereocenters. The Balaban J connectivity index is 2.65. The summed E-state index contributed by atoms with van der Waals surface area (Å²) in [5.74, 6) is 0. The largest absolute Gasteiger partial charge is 0.312 e. The molecular weight excluding hydrogens is 222 g/mol. The van der Waals surface area contributed by atoms with Crippen molar-refractivity contribution in [2.45, 2.75) is 0 Å². The van der Waals surface area contributed by atoms with Crippen molar-refractivity contribution < 1.29 is 0 Å². The van der Waals surface area contributed by atoms with Crippen molar-refractivity contribution in [2.24, 2.45) is 0 Å². The average molecular weight is 230 g/mol. The van der Waals surface area contributed by atoms with Crippen LogP contribution in [-0.2, 0) is 0 Å². The number of hydrogen-bond acceptors (Lipinski definition) is 1. The van der Waals surface area contributed by atoms with E-state index in [1.807, 2.05) is 36.4 Å². The Morgan fingerprint density at radius 2 is 1.75 bits per heavy atom. The molecule has 16 heavy (non-hydrogen) atoms. The molecule has 0 bridgehead atoms. The molecule has 0 unspecified atom stereocenters. The Hall–Kier alpha value is -1.80. The highest BCUT2D eigenvalue weighted by Crippen LogP contribution is 2.23. The lowest BCUT2D eigenvalue weighted by Crippen LogP contribution is -2.06. The average Bonchev–Trinajstić information content (AvgIpc) is 2.28. The quantitative estimate of drug-likeness (QED) is 0.466. The molecule has 0 aliphatic heterocycles. The number of aromatic amines is 1. The summed E-state index contributed by atoms with van der Waals surface area (Å²) in [6.07, 6.45) is 0. The highest BCUT2D eigenvalue weighted by Gasteiger charge is 2.04. The monoisotopic (exact) mass is 229 g/mol. The molecule has 78 valence electrons. The number of hydrogen-bond donors (Lipinski definition) is 1. The Morgan fingerprint density at radius 3 is 2.62 bits per heavy atom. The number of pyridine rings is 1. The molecule has 0 radical (unpaired) electrons. The van der Waals surface area contributed by atoms with Gasteiger partial charge in [-0.3, -0.25) is 4.79 Å². The first-order valence-corrected chi connectivity index (χ1v) is 5.34. The van der Waals surface area contributed by atoms with E-state index in [2.05, 4.69) is 4.98 Å². The van der Waals surface area contributed by atoms with Crippen LogP contribution in [0, 0.1) is 0 Å². The van der Waals surface area contributed by atoms with Crippen LogP contribution in [0.4, 0.5) is 0 Å². The number of nitrogens with one attached hydrogen (secondary N) is 1. The number of fused-ring (bicyclic) bond motifs is 3. The summed E-state index contributed by atoms with van der Waals surface area (Å²) in [4.78, 5) is 14.5. The van der Waals surface area contributed by atoms with Gasteiger partial charge < -0.3 is 4.98 Å². The minimum Gasteiger partial charge on any atom is -0.312 e. The van der Waals surface area contributed by atoms with E-state index in [1.54, 1.807) is 6.07 Å². The number of halogens is 1. The maximum absolute atomic E-state index is 11.9.